The topological polar surface area (TPSA) is 20.3 Å². The molecule has 2 heteroatoms. The number of likely N-dealkylation sites (tertiary alicyclic amines) is 1. The van der Waals surface area contributed by atoms with Crippen LogP contribution in [0.4, 0.5) is 0 Å². The predicted molar refractivity (Wildman–Crippen MR) is 79.6 cm³/mol. The number of benzene rings is 1. The van der Waals surface area contributed by atoms with Crippen molar-refractivity contribution in [3.05, 3.63) is 35.4 Å². The van der Waals surface area contributed by atoms with Crippen LogP contribution in [-0.4, -0.2) is 29.3 Å². The molecule has 3 atom stereocenters. The van der Waals surface area contributed by atoms with Crippen molar-refractivity contribution in [2.75, 3.05) is 6.54 Å². The number of carbonyl (C=O) groups excluding carboxylic acids is 1. The van der Waals surface area contributed by atoms with Crippen LogP contribution in [0.15, 0.2) is 24.3 Å². The van der Waals surface area contributed by atoms with E-state index in [9.17, 15) is 4.79 Å². The number of carbonyl (C=O) groups is 1. The quantitative estimate of drug-likeness (QED) is 0.771. The lowest BCUT2D eigenvalue weighted by Gasteiger charge is -2.27. The SMILES string of the molecule is CCc1ccc(C(=O)C(C)N2CC(C)CC2C)cc1. The molecule has 0 radical (unpaired) electrons. The minimum absolute atomic E-state index is 0.00701. The van der Waals surface area contributed by atoms with Crippen LogP contribution in [0.5, 0.6) is 0 Å². The minimum Gasteiger partial charge on any atom is -0.292 e. The van der Waals surface area contributed by atoms with E-state index in [1.54, 1.807) is 0 Å². The molecule has 1 aliphatic rings. The lowest BCUT2D eigenvalue weighted by atomic mass is 10.0. The van der Waals surface area contributed by atoms with Crippen molar-refractivity contribution in [3.63, 3.8) is 0 Å². The summed E-state index contributed by atoms with van der Waals surface area (Å²) in [6, 6.07) is 8.59. The first kappa shape index (κ1) is 14.3. The molecule has 1 heterocycles. The highest BCUT2D eigenvalue weighted by Crippen LogP contribution is 2.25. The van der Waals surface area contributed by atoms with E-state index in [4.69, 9.17) is 0 Å². The standard InChI is InChI=1S/C17H25NO/c1-5-15-6-8-16(9-7-15)17(19)14(4)18-11-12(2)10-13(18)3/h6-9,12-14H,5,10-11H2,1-4H3. The summed E-state index contributed by atoms with van der Waals surface area (Å²) in [7, 11) is 0. The minimum atomic E-state index is -0.00701. The normalized spacial score (nSPS) is 25.5. The molecule has 19 heavy (non-hydrogen) atoms. The number of hydrogen-bond donors (Lipinski definition) is 0. The van der Waals surface area contributed by atoms with Gasteiger partial charge < -0.3 is 0 Å². The van der Waals surface area contributed by atoms with E-state index in [1.807, 2.05) is 19.1 Å². The van der Waals surface area contributed by atoms with Crippen molar-refractivity contribution >= 4 is 5.78 Å². The first-order chi connectivity index (χ1) is 9.02. The fourth-order valence-electron chi connectivity index (χ4n) is 3.17. The van der Waals surface area contributed by atoms with E-state index in [-0.39, 0.29) is 11.8 Å². The largest absolute Gasteiger partial charge is 0.292 e. The highest BCUT2D eigenvalue weighted by atomic mass is 16.1. The van der Waals surface area contributed by atoms with Gasteiger partial charge in [-0.3, -0.25) is 9.69 Å². The summed E-state index contributed by atoms with van der Waals surface area (Å²) >= 11 is 0. The Morgan fingerprint density at radius 3 is 2.42 bits per heavy atom. The zero-order chi connectivity index (χ0) is 14.0. The monoisotopic (exact) mass is 259 g/mol. The second-order valence-corrected chi connectivity index (χ2v) is 5.98. The van der Waals surface area contributed by atoms with Crippen LogP contribution in [0.25, 0.3) is 0 Å². The first-order valence-corrected chi connectivity index (χ1v) is 7.41. The number of rotatable bonds is 4. The third-order valence-corrected chi connectivity index (χ3v) is 4.36. The maximum Gasteiger partial charge on any atom is 0.179 e. The lowest BCUT2D eigenvalue weighted by molar-refractivity contribution is 0.0826. The Balaban J connectivity index is 2.10. The van der Waals surface area contributed by atoms with E-state index in [0.717, 1.165) is 18.5 Å². The fourth-order valence-corrected chi connectivity index (χ4v) is 3.17. The van der Waals surface area contributed by atoms with Crippen molar-refractivity contribution in [2.45, 2.75) is 52.6 Å². The molecule has 3 unspecified atom stereocenters. The van der Waals surface area contributed by atoms with Crippen LogP contribution in [0.3, 0.4) is 0 Å². The molecule has 2 rings (SSSR count). The Labute approximate surface area is 116 Å². The maximum atomic E-state index is 12.5. The van der Waals surface area contributed by atoms with Crippen LogP contribution in [0.2, 0.25) is 0 Å². The molecule has 2 nitrogen and oxygen atoms in total. The molecular weight excluding hydrogens is 234 g/mol. The van der Waals surface area contributed by atoms with Crippen molar-refractivity contribution in [2.24, 2.45) is 5.92 Å². The van der Waals surface area contributed by atoms with Crippen molar-refractivity contribution in [1.29, 1.82) is 0 Å². The van der Waals surface area contributed by atoms with Gasteiger partial charge in [-0.15, -0.1) is 0 Å². The zero-order valence-corrected chi connectivity index (χ0v) is 12.5. The number of hydrogen-bond acceptors (Lipinski definition) is 2. The second-order valence-electron chi connectivity index (χ2n) is 5.98. The van der Waals surface area contributed by atoms with Crippen molar-refractivity contribution in [1.82, 2.24) is 4.90 Å². The van der Waals surface area contributed by atoms with Crippen LogP contribution in [-0.2, 0) is 6.42 Å². The van der Waals surface area contributed by atoms with Crippen LogP contribution < -0.4 is 0 Å². The van der Waals surface area contributed by atoms with Gasteiger partial charge in [0.05, 0.1) is 6.04 Å². The summed E-state index contributed by atoms with van der Waals surface area (Å²) in [5.74, 6) is 0.955. The molecule has 104 valence electrons. The Kier molecular flexibility index (Phi) is 4.41. The Hall–Kier alpha value is -1.15. The van der Waals surface area contributed by atoms with Gasteiger partial charge in [-0.1, -0.05) is 38.1 Å². The average Bonchev–Trinajstić information content (AvgIpc) is 2.76. The molecule has 1 aliphatic heterocycles. The van der Waals surface area contributed by atoms with Gasteiger partial charge in [-0.25, -0.2) is 0 Å². The molecule has 0 bridgehead atoms. The van der Waals surface area contributed by atoms with E-state index >= 15 is 0 Å². The van der Waals surface area contributed by atoms with Gasteiger partial charge in [0.25, 0.3) is 0 Å². The van der Waals surface area contributed by atoms with E-state index in [0.29, 0.717) is 12.0 Å². The fraction of sp³-hybridized carbons (Fsp3) is 0.588. The van der Waals surface area contributed by atoms with Gasteiger partial charge in [-0.05, 0) is 38.2 Å². The van der Waals surface area contributed by atoms with Gasteiger partial charge in [0.2, 0.25) is 0 Å². The predicted octanol–water partition coefficient (Wildman–Crippen LogP) is 3.55. The van der Waals surface area contributed by atoms with Gasteiger partial charge in [-0.2, -0.15) is 0 Å². The molecule has 1 aromatic rings. The summed E-state index contributed by atoms with van der Waals surface area (Å²) < 4.78 is 0. The van der Waals surface area contributed by atoms with Crippen molar-refractivity contribution < 1.29 is 4.79 Å². The molecule has 1 saturated heterocycles. The molecule has 0 amide bonds. The molecule has 0 spiro atoms. The van der Waals surface area contributed by atoms with Crippen LogP contribution >= 0.6 is 0 Å². The van der Waals surface area contributed by atoms with Gasteiger partial charge in [0.1, 0.15) is 0 Å². The molecule has 1 aromatic carbocycles. The zero-order valence-electron chi connectivity index (χ0n) is 12.5. The molecule has 0 N–H and O–H groups in total. The summed E-state index contributed by atoms with van der Waals surface area (Å²) in [6.07, 6.45) is 2.22. The third-order valence-electron chi connectivity index (χ3n) is 4.36. The molecular formula is C17H25NO. The Morgan fingerprint density at radius 2 is 1.95 bits per heavy atom. The number of Topliss-reactive ketones (excluding diaryl/α,β-unsaturated/α-hetero) is 1. The summed E-state index contributed by atoms with van der Waals surface area (Å²) in [4.78, 5) is 14.9. The average molecular weight is 259 g/mol. The van der Waals surface area contributed by atoms with Crippen LogP contribution in [0, 0.1) is 5.92 Å². The van der Waals surface area contributed by atoms with E-state index in [2.05, 4.69) is 37.8 Å². The lowest BCUT2D eigenvalue weighted by Crippen LogP contribution is -2.41. The number of ketones is 1. The number of nitrogens with zero attached hydrogens (tertiary/aromatic N) is 1. The molecule has 0 saturated carbocycles. The summed E-state index contributed by atoms with van der Waals surface area (Å²) in [5, 5.41) is 0. The van der Waals surface area contributed by atoms with Crippen molar-refractivity contribution in [3.8, 4) is 0 Å². The number of aryl methyl sites for hydroxylation is 1. The smallest absolute Gasteiger partial charge is 0.179 e. The molecule has 1 fully saturated rings. The summed E-state index contributed by atoms with van der Waals surface area (Å²) in [6.45, 7) is 9.72. The Bertz CT molecular complexity index is 437. The van der Waals surface area contributed by atoms with E-state index < -0.39 is 0 Å². The van der Waals surface area contributed by atoms with E-state index in [1.165, 1.54) is 12.0 Å². The maximum absolute atomic E-state index is 12.5. The first-order valence-electron chi connectivity index (χ1n) is 7.41. The molecule has 0 aliphatic carbocycles. The molecule has 0 aromatic heterocycles. The van der Waals surface area contributed by atoms with Gasteiger partial charge in [0, 0.05) is 18.2 Å². The highest BCUT2D eigenvalue weighted by molar-refractivity contribution is 5.99. The summed E-state index contributed by atoms with van der Waals surface area (Å²) in [5.41, 5.74) is 2.13. The highest BCUT2D eigenvalue weighted by Gasteiger charge is 2.33. The third kappa shape index (κ3) is 3.06. The van der Waals surface area contributed by atoms with Gasteiger partial charge >= 0.3 is 0 Å². The second kappa shape index (κ2) is 5.87. The van der Waals surface area contributed by atoms with Crippen LogP contribution in [0.1, 0.15) is 50.0 Å². The van der Waals surface area contributed by atoms with Gasteiger partial charge in [0.15, 0.2) is 5.78 Å². The Morgan fingerprint density at radius 1 is 1.32 bits per heavy atom.